The quantitative estimate of drug-likeness (QED) is 0.665. The van der Waals surface area contributed by atoms with E-state index in [1.54, 1.807) is 29.2 Å². The minimum atomic E-state index is -1.12. The molecule has 0 bridgehead atoms. The van der Waals surface area contributed by atoms with E-state index in [9.17, 15) is 14.4 Å². The molecule has 3 aromatic carbocycles. The molecule has 0 unspecified atom stereocenters. The summed E-state index contributed by atoms with van der Waals surface area (Å²) in [4.78, 5) is 38.8. The Bertz CT molecular complexity index is 1180. The topological polar surface area (TPSA) is 78.5 Å². The molecule has 31 heavy (non-hydrogen) atoms. The normalized spacial score (nSPS) is 19.4. The van der Waals surface area contributed by atoms with Crippen LogP contribution >= 0.6 is 11.8 Å². The van der Waals surface area contributed by atoms with Crippen LogP contribution in [0.25, 0.3) is 0 Å². The predicted molar refractivity (Wildman–Crippen MR) is 121 cm³/mol. The predicted octanol–water partition coefficient (Wildman–Crippen LogP) is 3.50. The number of nitrogens with one attached hydrogen (secondary N) is 2. The molecule has 7 heteroatoms. The Hall–Kier alpha value is -3.58. The van der Waals surface area contributed by atoms with E-state index in [1.165, 1.54) is 11.8 Å². The number of thioether (sulfide) groups is 1. The third-order valence-electron chi connectivity index (χ3n) is 5.50. The first-order valence-electron chi connectivity index (χ1n) is 9.90. The number of benzene rings is 3. The molecule has 2 aliphatic heterocycles. The van der Waals surface area contributed by atoms with E-state index in [-0.39, 0.29) is 23.5 Å². The van der Waals surface area contributed by atoms with E-state index in [4.69, 9.17) is 0 Å². The molecule has 2 heterocycles. The summed E-state index contributed by atoms with van der Waals surface area (Å²) in [6.45, 7) is 0.433. The Morgan fingerprint density at radius 3 is 2.45 bits per heavy atom. The summed E-state index contributed by atoms with van der Waals surface area (Å²) in [6, 6.07) is 23.9. The van der Waals surface area contributed by atoms with Gasteiger partial charge in [-0.2, -0.15) is 0 Å². The van der Waals surface area contributed by atoms with E-state index in [1.807, 2.05) is 54.6 Å². The van der Waals surface area contributed by atoms with Crippen LogP contribution in [-0.2, 0) is 21.0 Å². The number of nitrogens with zero attached hydrogens (tertiary/aromatic N) is 1. The fourth-order valence-electron chi connectivity index (χ4n) is 4.02. The molecule has 5 rings (SSSR count). The summed E-state index contributed by atoms with van der Waals surface area (Å²) in [5.74, 6) is -0.357. The highest BCUT2D eigenvalue weighted by atomic mass is 32.2. The molecule has 6 nitrogen and oxygen atoms in total. The Labute approximate surface area is 183 Å². The van der Waals surface area contributed by atoms with Crippen molar-refractivity contribution in [1.82, 2.24) is 5.32 Å². The van der Waals surface area contributed by atoms with Crippen molar-refractivity contribution in [2.45, 2.75) is 11.4 Å². The molecule has 1 saturated heterocycles. The van der Waals surface area contributed by atoms with Crippen LogP contribution in [0.2, 0.25) is 0 Å². The summed E-state index contributed by atoms with van der Waals surface area (Å²) in [5, 5.41) is 5.79. The van der Waals surface area contributed by atoms with Crippen molar-refractivity contribution in [3.63, 3.8) is 0 Å². The molecular formula is C24H19N3O3S. The number of fused-ring (bicyclic) bond motifs is 2. The lowest BCUT2D eigenvalue weighted by Gasteiger charge is -2.32. The molecule has 3 amide bonds. The van der Waals surface area contributed by atoms with Crippen molar-refractivity contribution >= 4 is 40.9 Å². The van der Waals surface area contributed by atoms with Crippen LogP contribution in [0.1, 0.15) is 21.5 Å². The molecule has 3 aromatic rings. The van der Waals surface area contributed by atoms with Gasteiger partial charge in [0.15, 0.2) is 0 Å². The molecule has 2 N–H and O–H groups in total. The standard InChI is InChI=1S/C24H19N3O3S/c28-21-15-31-24(19-8-4-5-9-20(19)26-23(24)30)27(21)18-12-10-17(11-13-18)22(29)25-14-16-6-2-1-3-7-16/h1-13H,14-15H2,(H,25,29)(H,26,30)/t24-/m0/s1. The lowest BCUT2D eigenvalue weighted by Crippen LogP contribution is -2.47. The van der Waals surface area contributed by atoms with Crippen LogP contribution in [0.5, 0.6) is 0 Å². The van der Waals surface area contributed by atoms with Crippen LogP contribution < -0.4 is 15.5 Å². The Kier molecular flexibility index (Phi) is 4.75. The fraction of sp³-hybridized carbons (Fsp3) is 0.125. The van der Waals surface area contributed by atoms with Gasteiger partial charge in [-0.15, -0.1) is 11.8 Å². The number of carbonyl (C=O) groups excluding carboxylic acids is 3. The van der Waals surface area contributed by atoms with Crippen molar-refractivity contribution in [1.29, 1.82) is 0 Å². The van der Waals surface area contributed by atoms with Gasteiger partial charge in [0.25, 0.3) is 11.8 Å². The second kappa shape index (κ2) is 7.59. The van der Waals surface area contributed by atoms with E-state index in [2.05, 4.69) is 10.6 Å². The Morgan fingerprint density at radius 1 is 0.968 bits per heavy atom. The molecule has 0 radical (unpaired) electrons. The van der Waals surface area contributed by atoms with Gasteiger partial charge in [-0.1, -0.05) is 48.5 Å². The largest absolute Gasteiger partial charge is 0.348 e. The first-order chi connectivity index (χ1) is 15.1. The van der Waals surface area contributed by atoms with Gasteiger partial charge in [0, 0.05) is 29.0 Å². The van der Waals surface area contributed by atoms with Crippen LogP contribution in [0.15, 0.2) is 78.9 Å². The molecule has 0 aromatic heterocycles. The van der Waals surface area contributed by atoms with Crippen molar-refractivity contribution in [3.8, 4) is 0 Å². The van der Waals surface area contributed by atoms with Crippen molar-refractivity contribution < 1.29 is 14.4 Å². The molecule has 2 aliphatic rings. The monoisotopic (exact) mass is 429 g/mol. The van der Waals surface area contributed by atoms with Gasteiger partial charge in [-0.3, -0.25) is 19.3 Å². The summed E-state index contributed by atoms with van der Waals surface area (Å²) >= 11 is 1.32. The molecular weight excluding hydrogens is 410 g/mol. The van der Waals surface area contributed by atoms with Crippen LogP contribution in [-0.4, -0.2) is 23.5 Å². The molecule has 0 aliphatic carbocycles. The fourth-order valence-corrected chi connectivity index (χ4v) is 5.33. The minimum Gasteiger partial charge on any atom is -0.348 e. The molecule has 1 spiro atoms. The van der Waals surface area contributed by atoms with Crippen molar-refractivity contribution in [2.24, 2.45) is 0 Å². The van der Waals surface area contributed by atoms with Gasteiger partial charge in [0.2, 0.25) is 10.8 Å². The van der Waals surface area contributed by atoms with E-state index in [0.29, 0.717) is 17.8 Å². The van der Waals surface area contributed by atoms with Crippen LogP contribution in [0, 0.1) is 0 Å². The summed E-state index contributed by atoms with van der Waals surface area (Å²) in [7, 11) is 0. The third kappa shape index (κ3) is 3.18. The SMILES string of the molecule is O=C(NCc1ccccc1)c1ccc(N2C(=O)CS[C@@]23C(=O)Nc2ccccc23)cc1. The average Bonchev–Trinajstić information content (AvgIpc) is 3.30. The number of anilines is 2. The first-order valence-corrected chi connectivity index (χ1v) is 10.9. The Balaban J connectivity index is 1.40. The highest BCUT2D eigenvalue weighted by molar-refractivity contribution is 8.02. The van der Waals surface area contributed by atoms with E-state index in [0.717, 1.165) is 16.8 Å². The van der Waals surface area contributed by atoms with Gasteiger partial charge in [0.1, 0.15) is 0 Å². The van der Waals surface area contributed by atoms with E-state index >= 15 is 0 Å². The second-order valence-corrected chi connectivity index (χ2v) is 8.54. The zero-order valence-electron chi connectivity index (χ0n) is 16.5. The molecule has 1 fully saturated rings. The van der Waals surface area contributed by atoms with Crippen molar-refractivity contribution in [2.75, 3.05) is 16.0 Å². The number of para-hydroxylation sites is 1. The van der Waals surface area contributed by atoms with Crippen LogP contribution in [0.3, 0.4) is 0 Å². The number of carbonyl (C=O) groups is 3. The van der Waals surface area contributed by atoms with Gasteiger partial charge in [-0.25, -0.2) is 0 Å². The lowest BCUT2D eigenvalue weighted by atomic mass is 10.0. The molecule has 0 saturated carbocycles. The lowest BCUT2D eigenvalue weighted by molar-refractivity contribution is -0.122. The second-order valence-electron chi connectivity index (χ2n) is 7.38. The Morgan fingerprint density at radius 2 is 1.68 bits per heavy atom. The maximum Gasteiger partial charge on any atom is 0.266 e. The number of rotatable bonds is 4. The third-order valence-corrected chi connectivity index (χ3v) is 6.90. The maximum absolute atomic E-state index is 13.0. The van der Waals surface area contributed by atoms with Crippen LogP contribution in [0.4, 0.5) is 11.4 Å². The zero-order valence-corrected chi connectivity index (χ0v) is 17.3. The highest BCUT2D eigenvalue weighted by Crippen LogP contribution is 2.53. The highest BCUT2D eigenvalue weighted by Gasteiger charge is 2.58. The van der Waals surface area contributed by atoms with Gasteiger partial charge in [0.05, 0.1) is 5.75 Å². The van der Waals surface area contributed by atoms with Crippen molar-refractivity contribution in [3.05, 3.63) is 95.6 Å². The van der Waals surface area contributed by atoms with Gasteiger partial charge >= 0.3 is 0 Å². The smallest absolute Gasteiger partial charge is 0.266 e. The average molecular weight is 430 g/mol. The summed E-state index contributed by atoms with van der Waals surface area (Å²) in [6.07, 6.45) is 0. The van der Waals surface area contributed by atoms with E-state index < -0.39 is 4.87 Å². The molecule has 1 atom stereocenters. The first kappa shape index (κ1) is 19.4. The summed E-state index contributed by atoms with van der Waals surface area (Å²) < 4.78 is 0. The number of amides is 3. The maximum atomic E-state index is 13.0. The van der Waals surface area contributed by atoms with Gasteiger partial charge < -0.3 is 10.6 Å². The number of hydrogen-bond donors (Lipinski definition) is 2. The molecule has 154 valence electrons. The minimum absolute atomic E-state index is 0.141. The zero-order chi connectivity index (χ0) is 21.4. The van der Waals surface area contributed by atoms with Gasteiger partial charge in [-0.05, 0) is 35.9 Å². The summed E-state index contributed by atoms with van der Waals surface area (Å²) in [5.41, 5.74) is 3.59. The number of hydrogen-bond acceptors (Lipinski definition) is 4.